The molecule has 0 aliphatic rings. The molecule has 21 heavy (non-hydrogen) atoms. The summed E-state index contributed by atoms with van der Waals surface area (Å²) < 4.78 is 2.09. The van der Waals surface area contributed by atoms with Gasteiger partial charge >= 0.3 is 0 Å². The highest BCUT2D eigenvalue weighted by Crippen LogP contribution is 2.27. The van der Waals surface area contributed by atoms with Crippen molar-refractivity contribution in [2.45, 2.75) is 19.4 Å². The maximum atomic E-state index is 6.04. The number of para-hydroxylation sites is 1. The number of unbranched alkanes of at least 4 members (excludes halogenated alkanes) is 1. The van der Waals surface area contributed by atoms with E-state index in [-0.39, 0.29) is 0 Å². The Kier molecular flexibility index (Phi) is 4.00. The van der Waals surface area contributed by atoms with Gasteiger partial charge in [-0.25, -0.2) is 4.98 Å². The Bertz CT molecular complexity index is 706. The summed E-state index contributed by atoms with van der Waals surface area (Å²) in [6, 6.07) is 8.04. The van der Waals surface area contributed by atoms with Crippen LogP contribution in [-0.2, 0) is 6.54 Å². The van der Waals surface area contributed by atoms with Crippen LogP contribution in [0.2, 0.25) is 0 Å². The first-order valence-electron chi connectivity index (χ1n) is 7.17. The van der Waals surface area contributed by atoms with E-state index in [9.17, 15) is 0 Å². The van der Waals surface area contributed by atoms with Gasteiger partial charge in [-0.3, -0.25) is 4.98 Å². The zero-order chi connectivity index (χ0) is 14.5. The molecular formula is C16H19N5. The number of aryl methyl sites for hydroxylation is 1. The molecule has 0 amide bonds. The molecule has 3 N–H and O–H groups in total. The van der Waals surface area contributed by atoms with Crippen molar-refractivity contribution in [3.05, 3.63) is 49.2 Å². The molecule has 5 heteroatoms. The number of nitrogens with two attached hydrogens (primary N) is 1. The number of benzene rings is 1. The van der Waals surface area contributed by atoms with Crippen molar-refractivity contribution in [2.75, 3.05) is 17.6 Å². The van der Waals surface area contributed by atoms with Crippen LogP contribution in [0.5, 0.6) is 0 Å². The monoisotopic (exact) mass is 281 g/mol. The van der Waals surface area contributed by atoms with E-state index in [1.165, 1.54) is 0 Å². The molecule has 0 saturated heterocycles. The Hall–Kier alpha value is -2.56. The molecule has 0 saturated carbocycles. The molecule has 3 aromatic rings. The standard InChI is InChI=1S/C16H19N5/c17-14-11-20-15-6-2-1-5-13(15)16(14)19-7-3-4-9-21-10-8-18-12-21/h1-2,5-6,8,10-12H,3-4,7,9,17H2,(H,19,20). The molecule has 0 aliphatic heterocycles. The first-order chi connectivity index (χ1) is 10.3. The average molecular weight is 281 g/mol. The summed E-state index contributed by atoms with van der Waals surface area (Å²) in [6.45, 7) is 1.89. The Morgan fingerprint density at radius 3 is 2.95 bits per heavy atom. The molecule has 0 fully saturated rings. The molecule has 0 atom stereocenters. The second-order valence-electron chi connectivity index (χ2n) is 5.04. The predicted octanol–water partition coefficient (Wildman–Crippen LogP) is 2.91. The third-order valence-electron chi connectivity index (χ3n) is 3.51. The second kappa shape index (κ2) is 6.26. The first-order valence-corrected chi connectivity index (χ1v) is 7.17. The van der Waals surface area contributed by atoms with Crippen LogP contribution in [0.25, 0.3) is 10.9 Å². The van der Waals surface area contributed by atoms with Crippen molar-refractivity contribution in [1.82, 2.24) is 14.5 Å². The van der Waals surface area contributed by atoms with Gasteiger partial charge in [-0.1, -0.05) is 18.2 Å². The van der Waals surface area contributed by atoms with Crippen molar-refractivity contribution in [3.63, 3.8) is 0 Å². The van der Waals surface area contributed by atoms with E-state index in [0.29, 0.717) is 5.69 Å². The van der Waals surface area contributed by atoms with Gasteiger partial charge in [-0.2, -0.15) is 0 Å². The number of nitrogens with zero attached hydrogens (tertiary/aromatic N) is 3. The fourth-order valence-corrected chi connectivity index (χ4v) is 2.41. The van der Waals surface area contributed by atoms with Gasteiger partial charge in [0.05, 0.1) is 29.4 Å². The number of rotatable bonds is 6. The Balaban J connectivity index is 1.59. The van der Waals surface area contributed by atoms with Crippen LogP contribution in [0.1, 0.15) is 12.8 Å². The summed E-state index contributed by atoms with van der Waals surface area (Å²) in [4.78, 5) is 8.38. The van der Waals surface area contributed by atoms with Crippen LogP contribution < -0.4 is 11.1 Å². The van der Waals surface area contributed by atoms with Crippen LogP contribution in [0.3, 0.4) is 0 Å². The van der Waals surface area contributed by atoms with Gasteiger partial charge in [0.15, 0.2) is 0 Å². The van der Waals surface area contributed by atoms with Gasteiger partial charge in [0.25, 0.3) is 0 Å². The number of nitrogens with one attached hydrogen (secondary N) is 1. The minimum atomic E-state index is 0.698. The lowest BCUT2D eigenvalue weighted by atomic mass is 10.1. The third-order valence-corrected chi connectivity index (χ3v) is 3.51. The Morgan fingerprint density at radius 2 is 2.10 bits per heavy atom. The molecule has 0 unspecified atom stereocenters. The van der Waals surface area contributed by atoms with Crippen LogP contribution in [-0.4, -0.2) is 21.1 Å². The molecule has 5 nitrogen and oxygen atoms in total. The minimum Gasteiger partial charge on any atom is -0.396 e. The molecule has 2 heterocycles. The molecule has 3 rings (SSSR count). The predicted molar refractivity (Wildman–Crippen MR) is 86.1 cm³/mol. The van der Waals surface area contributed by atoms with Crippen molar-refractivity contribution in [2.24, 2.45) is 0 Å². The summed E-state index contributed by atoms with van der Waals surface area (Å²) in [5.41, 5.74) is 8.69. The van der Waals surface area contributed by atoms with Crippen molar-refractivity contribution in [1.29, 1.82) is 0 Å². The fraction of sp³-hybridized carbons (Fsp3) is 0.250. The van der Waals surface area contributed by atoms with E-state index >= 15 is 0 Å². The van der Waals surface area contributed by atoms with Gasteiger partial charge in [0.2, 0.25) is 0 Å². The topological polar surface area (TPSA) is 68.8 Å². The zero-order valence-electron chi connectivity index (χ0n) is 11.9. The number of hydrogen-bond acceptors (Lipinski definition) is 4. The normalized spacial score (nSPS) is 10.9. The number of hydrogen-bond donors (Lipinski definition) is 2. The molecular weight excluding hydrogens is 262 g/mol. The fourth-order valence-electron chi connectivity index (χ4n) is 2.41. The van der Waals surface area contributed by atoms with Crippen LogP contribution in [0.15, 0.2) is 49.2 Å². The molecule has 2 aromatic heterocycles. The molecule has 108 valence electrons. The third kappa shape index (κ3) is 3.13. The van der Waals surface area contributed by atoms with Gasteiger partial charge in [-0.15, -0.1) is 0 Å². The highest BCUT2D eigenvalue weighted by atomic mass is 15.0. The van der Waals surface area contributed by atoms with Crippen LogP contribution in [0, 0.1) is 0 Å². The second-order valence-corrected chi connectivity index (χ2v) is 5.04. The highest BCUT2D eigenvalue weighted by molar-refractivity contribution is 5.96. The Morgan fingerprint density at radius 1 is 1.19 bits per heavy atom. The average Bonchev–Trinajstić information content (AvgIpc) is 3.02. The SMILES string of the molecule is Nc1cnc2ccccc2c1NCCCCn1ccnc1. The van der Waals surface area contributed by atoms with Gasteiger partial charge in [0.1, 0.15) is 0 Å². The van der Waals surface area contributed by atoms with Crippen LogP contribution in [0.4, 0.5) is 11.4 Å². The summed E-state index contributed by atoms with van der Waals surface area (Å²) in [7, 11) is 0. The number of imidazole rings is 1. The number of nitrogen functional groups attached to an aromatic ring is 1. The van der Waals surface area contributed by atoms with E-state index in [1.807, 2.05) is 43.0 Å². The van der Waals surface area contributed by atoms with Crippen molar-refractivity contribution < 1.29 is 0 Å². The number of fused-ring (bicyclic) bond motifs is 1. The summed E-state index contributed by atoms with van der Waals surface area (Å²) in [5, 5.41) is 4.52. The van der Waals surface area contributed by atoms with Crippen molar-refractivity contribution >= 4 is 22.3 Å². The summed E-state index contributed by atoms with van der Waals surface area (Å²) in [6.07, 6.45) is 9.54. The molecule has 0 spiro atoms. The Labute approximate surface area is 123 Å². The maximum Gasteiger partial charge on any atom is 0.0945 e. The summed E-state index contributed by atoms with van der Waals surface area (Å²) in [5.74, 6) is 0. The molecule has 0 radical (unpaired) electrons. The highest BCUT2D eigenvalue weighted by Gasteiger charge is 2.05. The number of pyridine rings is 1. The first kappa shape index (κ1) is 13.4. The summed E-state index contributed by atoms with van der Waals surface area (Å²) >= 11 is 0. The molecule has 1 aromatic carbocycles. The lowest BCUT2D eigenvalue weighted by Gasteiger charge is -2.12. The van der Waals surface area contributed by atoms with E-state index in [2.05, 4.69) is 19.9 Å². The van der Waals surface area contributed by atoms with Crippen molar-refractivity contribution in [3.8, 4) is 0 Å². The van der Waals surface area contributed by atoms with E-state index in [1.54, 1.807) is 6.20 Å². The van der Waals surface area contributed by atoms with Gasteiger partial charge < -0.3 is 15.6 Å². The lowest BCUT2D eigenvalue weighted by Crippen LogP contribution is -2.06. The quantitative estimate of drug-likeness (QED) is 0.682. The number of anilines is 2. The maximum absolute atomic E-state index is 6.04. The van der Waals surface area contributed by atoms with Gasteiger partial charge in [0, 0.05) is 30.9 Å². The number of aromatic nitrogens is 3. The smallest absolute Gasteiger partial charge is 0.0945 e. The lowest BCUT2D eigenvalue weighted by molar-refractivity contribution is 0.621. The van der Waals surface area contributed by atoms with Gasteiger partial charge in [-0.05, 0) is 18.9 Å². The van der Waals surface area contributed by atoms with E-state index < -0.39 is 0 Å². The van der Waals surface area contributed by atoms with E-state index in [0.717, 1.165) is 42.5 Å². The zero-order valence-corrected chi connectivity index (χ0v) is 11.9. The largest absolute Gasteiger partial charge is 0.396 e. The van der Waals surface area contributed by atoms with Crippen LogP contribution >= 0.6 is 0 Å². The molecule has 0 bridgehead atoms. The molecule has 0 aliphatic carbocycles. The minimum absolute atomic E-state index is 0.698. The van der Waals surface area contributed by atoms with E-state index in [4.69, 9.17) is 5.73 Å².